The van der Waals surface area contributed by atoms with Crippen LogP contribution in [0.15, 0.2) is 42.5 Å². The molecule has 132 valence electrons. The van der Waals surface area contributed by atoms with Gasteiger partial charge in [0, 0.05) is 59.6 Å². The van der Waals surface area contributed by atoms with Crippen molar-refractivity contribution < 1.29 is 5.11 Å². The molecule has 0 aliphatic carbocycles. The molecule has 25 heavy (non-hydrogen) atoms. The fraction of sp³-hybridized carbons (Fsp3) is 0.400. The topological polar surface area (TPSA) is 31.6 Å². The van der Waals surface area contributed by atoms with Crippen LogP contribution in [0.5, 0.6) is 0 Å². The molecule has 0 saturated carbocycles. The van der Waals surface area contributed by atoms with Crippen LogP contribution < -0.4 is 0 Å². The highest BCUT2D eigenvalue weighted by Crippen LogP contribution is 2.31. The van der Waals surface area contributed by atoms with E-state index in [1.54, 1.807) is 0 Å². The first-order chi connectivity index (χ1) is 12.1. The van der Waals surface area contributed by atoms with E-state index in [1.165, 1.54) is 5.39 Å². The number of benzene rings is 2. The van der Waals surface area contributed by atoms with Gasteiger partial charge in [0.15, 0.2) is 0 Å². The Kier molecular flexibility index (Phi) is 4.69. The van der Waals surface area contributed by atoms with Gasteiger partial charge in [0.25, 0.3) is 0 Å². The molecule has 4 rings (SSSR count). The lowest BCUT2D eigenvalue weighted by molar-refractivity contribution is 0.0723. The van der Waals surface area contributed by atoms with Gasteiger partial charge < -0.3 is 14.6 Å². The van der Waals surface area contributed by atoms with Gasteiger partial charge in [0.05, 0.1) is 12.6 Å². The van der Waals surface area contributed by atoms with E-state index < -0.39 is 6.10 Å². The van der Waals surface area contributed by atoms with Gasteiger partial charge in [0.1, 0.15) is 0 Å². The van der Waals surface area contributed by atoms with Crippen molar-refractivity contribution in [2.24, 2.45) is 0 Å². The molecule has 3 aromatic rings. The predicted octanol–water partition coefficient (Wildman–Crippen LogP) is 3.06. The smallest absolute Gasteiger partial charge is 0.0845 e. The lowest BCUT2D eigenvalue weighted by atomic mass is 10.2. The van der Waals surface area contributed by atoms with Gasteiger partial charge in [-0.25, -0.2) is 0 Å². The molecule has 0 bridgehead atoms. The third-order valence-electron chi connectivity index (χ3n) is 5.19. The molecule has 1 N–H and O–H groups in total. The van der Waals surface area contributed by atoms with Gasteiger partial charge in [0.2, 0.25) is 0 Å². The van der Waals surface area contributed by atoms with E-state index in [0.29, 0.717) is 6.54 Å². The predicted molar refractivity (Wildman–Crippen MR) is 104 cm³/mol. The number of rotatable bonds is 4. The van der Waals surface area contributed by atoms with Crippen molar-refractivity contribution in [3.05, 3.63) is 47.5 Å². The molecule has 2 aromatic carbocycles. The van der Waals surface area contributed by atoms with Crippen molar-refractivity contribution in [3.8, 4) is 0 Å². The summed E-state index contributed by atoms with van der Waals surface area (Å²) in [5, 5.41) is 13.8. The van der Waals surface area contributed by atoms with Crippen LogP contribution in [0.4, 0.5) is 0 Å². The van der Waals surface area contributed by atoms with Crippen molar-refractivity contribution in [1.29, 1.82) is 0 Å². The maximum atomic E-state index is 10.7. The molecular formula is C20H24ClN3O. The van der Waals surface area contributed by atoms with Gasteiger partial charge in [-0.15, -0.1) is 0 Å². The molecule has 0 amide bonds. The van der Waals surface area contributed by atoms with Gasteiger partial charge in [-0.1, -0.05) is 29.8 Å². The second-order valence-corrected chi connectivity index (χ2v) is 7.48. The number of halogens is 1. The van der Waals surface area contributed by atoms with E-state index in [0.717, 1.165) is 54.2 Å². The summed E-state index contributed by atoms with van der Waals surface area (Å²) in [5.41, 5.74) is 2.28. The average molecular weight is 358 g/mol. The Hall–Kier alpha value is -1.59. The summed E-state index contributed by atoms with van der Waals surface area (Å²) in [4.78, 5) is 4.69. The third-order valence-corrected chi connectivity index (χ3v) is 5.43. The maximum absolute atomic E-state index is 10.7. The number of hydrogen-bond donors (Lipinski definition) is 1. The lowest BCUT2D eigenvalue weighted by Gasteiger charge is -2.33. The highest BCUT2D eigenvalue weighted by Gasteiger charge is 2.19. The van der Waals surface area contributed by atoms with Crippen LogP contribution >= 0.6 is 11.6 Å². The molecule has 0 spiro atoms. The number of β-amino-alcohol motifs (C(OH)–C–C–N with tert-alkyl or cyclic N) is 1. The zero-order valence-corrected chi connectivity index (χ0v) is 15.3. The fourth-order valence-corrected chi connectivity index (χ4v) is 3.99. The summed E-state index contributed by atoms with van der Waals surface area (Å²) in [6.07, 6.45) is -0.391. The molecule has 1 saturated heterocycles. The standard InChI is InChI=1S/C20H24ClN3O/c1-22-8-10-23(11-9-22)13-16(25)14-24-19-5-3-2-4-17(19)18-12-15(21)6-7-20(18)24/h2-7,12,16,25H,8-11,13-14H2,1H3/t16-/m0/s1. The number of fused-ring (bicyclic) bond motifs is 3. The van der Waals surface area contributed by atoms with E-state index in [2.05, 4.69) is 39.6 Å². The van der Waals surface area contributed by atoms with Crippen molar-refractivity contribution in [2.75, 3.05) is 39.8 Å². The van der Waals surface area contributed by atoms with Crippen molar-refractivity contribution >= 4 is 33.4 Å². The van der Waals surface area contributed by atoms with Crippen LogP contribution in [0.25, 0.3) is 21.8 Å². The van der Waals surface area contributed by atoms with Crippen LogP contribution in [-0.4, -0.2) is 65.3 Å². The number of nitrogens with zero attached hydrogens (tertiary/aromatic N) is 3. The molecule has 1 aliphatic rings. The first-order valence-corrected chi connectivity index (χ1v) is 9.25. The fourth-order valence-electron chi connectivity index (χ4n) is 3.82. The molecule has 5 heteroatoms. The summed E-state index contributed by atoms with van der Waals surface area (Å²) in [5.74, 6) is 0. The van der Waals surface area contributed by atoms with Crippen LogP contribution in [0.2, 0.25) is 5.02 Å². The van der Waals surface area contributed by atoms with Crippen molar-refractivity contribution in [2.45, 2.75) is 12.6 Å². The summed E-state index contributed by atoms with van der Waals surface area (Å²) >= 11 is 6.21. The van der Waals surface area contributed by atoms with E-state index >= 15 is 0 Å². The zero-order valence-electron chi connectivity index (χ0n) is 14.5. The Bertz CT molecular complexity index is 883. The molecule has 0 radical (unpaired) electrons. The Morgan fingerprint density at radius 3 is 2.48 bits per heavy atom. The SMILES string of the molecule is CN1CCN(C[C@H](O)Cn2c3ccccc3c3cc(Cl)ccc32)CC1. The molecule has 4 nitrogen and oxygen atoms in total. The van der Waals surface area contributed by atoms with E-state index in [4.69, 9.17) is 11.6 Å². The number of hydrogen-bond acceptors (Lipinski definition) is 3. The molecule has 1 aromatic heterocycles. The lowest BCUT2D eigenvalue weighted by Crippen LogP contribution is -2.47. The molecular weight excluding hydrogens is 334 g/mol. The molecule has 2 heterocycles. The Balaban J connectivity index is 1.61. The monoisotopic (exact) mass is 357 g/mol. The van der Waals surface area contributed by atoms with Gasteiger partial charge in [-0.3, -0.25) is 4.90 Å². The molecule has 1 fully saturated rings. The second-order valence-electron chi connectivity index (χ2n) is 7.05. The zero-order chi connectivity index (χ0) is 17.4. The highest BCUT2D eigenvalue weighted by atomic mass is 35.5. The van der Waals surface area contributed by atoms with Gasteiger partial charge >= 0.3 is 0 Å². The third kappa shape index (κ3) is 3.40. The number of aromatic nitrogens is 1. The summed E-state index contributed by atoms with van der Waals surface area (Å²) in [7, 11) is 2.15. The first kappa shape index (κ1) is 16.9. The number of piperazine rings is 1. The van der Waals surface area contributed by atoms with Crippen molar-refractivity contribution in [1.82, 2.24) is 14.4 Å². The van der Waals surface area contributed by atoms with E-state index in [1.807, 2.05) is 24.3 Å². The Morgan fingerprint density at radius 1 is 0.960 bits per heavy atom. The molecule has 1 atom stereocenters. The normalized spacial score (nSPS) is 18.2. The van der Waals surface area contributed by atoms with Crippen molar-refractivity contribution in [3.63, 3.8) is 0 Å². The minimum Gasteiger partial charge on any atom is -0.390 e. The molecule has 1 aliphatic heterocycles. The quantitative estimate of drug-likeness (QED) is 0.778. The Morgan fingerprint density at radius 2 is 1.68 bits per heavy atom. The van der Waals surface area contributed by atoms with Gasteiger partial charge in [-0.05, 0) is 31.3 Å². The van der Waals surface area contributed by atoms with Crippen LogP contribution in [-0.2, 0) is 6.54 Å². The van der Waals surface area contributed by atoms with E-state index in [9.17, 15) is 5.11 Å². The average Bonchev–Trinajstić information content (AvgIpc) is 2.91. The molecule has 0 unspecified atom stereocenters. The summed E-state index contributed by atoms with van der Waals surface area (Å²) in [6, 6.07) is 14.3. The minimum atomic E-state index is -0.391. The van der Waals surface area contributed by atoms with Gasteiger partial charge in [-0.2, -0.15) is 0 Å². The van der Waals surface area contributed by atoms with Crippen LogP contribution in [0.1, 0.15) is 0 Å². The van der Waals surface area contributed by atoms with Crippen LogP contribution in [0, 0.1) is 0 Å². The number of aliphatic hydroxyl groups is 1. The maximum Gasteiger partial charge on any atom is 0.0845 e. The summed E-state index contributed by atoms with van der Waals surface area (Å²) in [6.45, 7) is 5.50. The largest absolute Gasteiger partial charge is 0.390 e. The highest BCUT2D eigenvalue weighted by molar-refractivity contribution is 6.31. The summed E-state index contributed by atoms with van der Waals surface area (Å²) < 4.78 is 2.22. The van der Waals surface area contributed by atoms with E-state index in [-0.39, 0.29) is 0 Å². The van der Waals surface area contributed by atoms with Crippen LogP contribution in [0.3, 0.4) is 0 Å². The number of para-hydroxylation sites is 1. The Labute approximate surface area is 153 Å². The number of aliphatic hydroxyl groups excluding tert-OH is 1. The second kappa shape index (κ2) is 6.96. The first-order valence-electron chi connectivity index (χ1n) is 8.87. The number of likely N-dealkylation sites (N-methyl/N-ethyl adjacent to an activating group) is 1. The minimum absolute atomic E-state index is 0.391.